The molecule has 2 aromatic carbocycles. The predicted molar refractivity (Wildman–Crippen MR) is 123 cm³/mol. The summed E-state index contributed by atoms with van der Waals surface area (Å²) in [6.07, 6.45) is 1.97. The maximum Gasteiger partial charge on any atom is 0.266 e. The maximum absolute atomic E-state index is 12.8. The molecule has 1 heterocycles. The van der Waals surface area contributed by atoms with E-state index in [-0.39, 0.29) is 5.91 Å². The van der Waals surface area contributed by atoms with Gasteiger partial charge in [-0.15, -0.1) is 0 Å². The van der Waals surface area contributed by atoms with Gasteiger partial charge in [0, 0.05) is 7.05 Å². The van der Waals surface area contributed by atoms with E-state index in [1.807, 2.05) is 31.2 Å². The molecule has 0 N–H and O–H groups in total. The third-order valence-electron chi connectivity index (χ3n) is 5.25. The summed E-state index contributed by atoms with van der Waals surface area (Å²) >= 11 is 1.42. The Morgan fingerprint density at radius 2 is 1.79 bits per heavy atom. The van der Waals surface area contributed by atoms with Gasteiger partial charge < -0.3 is 4.74 Å². The molecule has 0 atom stereocenters. The summed E-state index contributed by atoms with van der Waals surface area (Å²) in [7, 11) is 3.47. The topological polar surface area (TPSA) is 41.9 Å². The molecule has 152 valence electrons. The van der Waals surface area contributed by atoms with Gasteiger partial charge in [0.25, 0.3) is 5.91 Å². The quantitative estimate of drug-likeness (QED) is 0.585. The highest BCUT2D eigenvalue weighted by atomic mass is 32.2. The van der Waals surface area contributed by atoms with Gasteiger partial charge in [0.2, 0.25) is 0 Å². The lowest BCUT2D eigenvalue weighted by Gasteiger charge is -2.14. The Kier molecular flexibility index (Phi) is 6.18. The lowest BCUT2D eigenvalue weighted by atomic mass is 9.96. The number of aryl methyl sites for hydroxylation is 3. The van der Waals surface area contributed by atoms with Crippen molar-refractivity contribution in [2.75, 3.05) is 14.2 Å². The minimum atomic E-state index is -0.0288. The normalized spacial score (nSPS) is 17.1. The number of ether oxygens (including phenoxy) is 1. The van der Waals surface area contributed by atoms with Crippen molar-refractivity contribution >= 4 is 34.6 Å². The van der Waals surface area contributed by atoms with Crippen LogP contribution in [-0.4, -0.2) is 30.1 Å². The van der Waals surface area contributed by atoms with E-state index in [1.54, 1.807) is 19.1 Å². The average molecular weight is 409 g/mol. The smallest absolute Gasteiger partial charge is 0.266 e. The second-order valence-electron chi connectivity index (χ2n) is 7.74. The lowest BCUT2D eigenvalue weighted by molar-refractivity contribution is -0.121. The number of nitrogens with zero attached hydrogens (tertiary/aromatic N) is 2. The molecule has 29 heavy (non-hydrogen) atoms. The number of methoxy groups -OCH3 is 1. The van der Waals surface area contributed by atoms with Crippen molar-refractivity contribution in [3.63, 3.8) is 0 Å². The summed E-state index contributed by atoms with van der Waals surface area (Å²) in [5.74, 6) is 1.19. The fraction of sp³-hybridized carbons (Fsp3) is 0.333. The Balaban J connectivity index is 1.97. The monoisotopic (exact) mass is 408 g/mol. The Hall–Kier alpha value is -2.53. The van der Waals surface area contributed by atoms with Crippen LogP contribution in [0.5, 0.6) is 5.75 Å². The zero-order valence-electron chi connectivity index (χ0n) is 18.2. The molecular weight excluding hydrogens is 380 g/mol. The van der Waals surface area contributed by atoms with Crippen molar-refractivity contribution in [3.8, 4) is 5.75 Å². The molecule has 0 radical (unpaired) electrons. The molecular formula is C24H28N2O2S. The highest BCUT2D eigenvalue weighted by Crippen LogP contribution is 2.36. The van der Waals surface area contributed by atoms with E-state index in [0.29, 0.717) is 16.0 Å². The lowest BCUT2D eigenvalue weighted by Crippen LogP contribution is -2.23. The molecule has 5 heteroatoms. The SMILES string of the molecule is COc1cc(C)c(/C=C2/SC(=Nc3ccc(C)c(C)c3)N(C)C2=O)cc1C(C)C. The highest BCUT2D eigenvalue weighted by molar-refractivity contribution is 8.18. The van der Waals surface area contributed by atoms with Crippen molar-refractivity contribution in [2.24, 2.45) is 4.99 Å². The first-order valence-electron chi connectivity index (χ1n) is 9.73. The van der Waals surface area contributed by atoms with Crippen molar-refractivity contribution in [1.29, 1.82) is 0 Å². The molecule has 1 amide bonds. The van der Waals surface area contributed by atoms with Crippen LogP contribution >= 0.6 is 11.8 Å². The van der Waals surface area contributed by atoms with Crippen molar-refractivity contribution in [3.05, 3.63) is 63.1 Å². The minimum absolute atomic E-state index is 0.0288. The van der Waals surface area contributed by atoms with Gasteiger partial charge in [-0.1, -0.05) is 19.9 Å². The first-order valence-corrected chi connectivity index (χ1v) is 10.5. The zero-order valence-corrected chi connectivity index (χ0v) is 19.0. The first kappa shape index (κ1) is 21.2. The Morgan fingerprint density at radius 3 is 2.41 bits per heavy atom. The summed E-state index contributed by atoms with van der Waals surface area (Å²) in [6.45, 7) is 10.5. The minimum Gasteiger partial charge on any atom is -0.496 e. The van der Waals surface area contributed by atoms with E-state index in [0.717, 1.165) is 28.1 Å². The molecule has 3 rings (SSSR count). The molecule has 0 bridgehead atoms. The van der Waals surface area contributed by atoms with Crippen LogP contribution in [0.1, 0.15) is 47.6 Å². The fourth-order valence-corrected chi connectivity index (χ4v) is 4.18. The van der Waals surface area contributed by atoms with Crippen LogP contribution in [0.15, 0.2) is 40.2 Å². The van der Waals surface area contributed by atoms with E-state index < -0.39 is 0 Å². The molecule has 4 nitrogen and oxygen atoms in total. The van der Waals surface area contributed by atoms with Gasteiger partial charge in [-0.3, -0.25) is 9.69 Å². The Labute approximate surface area is 177 Å². The Morgan fingerprint density at radius 1 is 1.07 bits per heavy atom. The number of likely N-dealkylation sites (N-methyl/N-ethyl adjacent to an activating group) is 1. The predicted octanol–water partition coefficient (Wildman–Crippen LogP) is 5.98. The van der Waals surface area contributed by atoms with Gasteiger partial charge in [-0.05, 0) is 96.6 Å². The Bertz CT molecular complexity index is 1020. The molecule has 1 fully saturated rings. The number of amidine groups is 1. The number of amides is 1. The van der Waals surface area contributed by atoms with E-state index in [4.69, 9.17) is 9.73 Å². The summed E-state index contributed by atoms with van der Waals surface area (Å²) in [5.41, 5.74) is 6.53. The van der Waals surface area contributed by atoms with Gasteiger partial charge in [0.1, 0.15) is 5.75 Å². The fourth-order valence-electron chi connectivity index (χ4n) is 3.20. The number of hydrogen-bond acceptors (Lipinski definition) is 4. The van der Waals surface area contributed by atoms with E-state index in [1.165, 1.54) is 22.9 Å². The molecule has 0 aromatic heterocycles. The number of thioether (sulfide) groups is 1. The van der Waals surface area contributed by atoms with E-state index in [2.05, 4.69) is 39.8 Å². The molecule has 0 spiro atoms. The standard InChI is InChI=1S/C24H28N2O2S/c1-14(2)20-12-18(17(5)11-21(20)28-7)13-22-23(27)26(6)24(29-22)25-19-9-8-15(3)16(4)10-19/h8-14H,1-7H3/b22-13+,25-24?. The van der Waals surface area contributed by atoms with Gasteiger partial charge in [-0.2, -0.15) is 0 Å². The van der Waals surface area contributed by atoms with Crippen molar-refractivity contribution < 1.29 is 9.53 Å². The molecule has 1 aliphatic heterocycles. The number of hydrogen-bond donors (Lipinski definition) is 0. The van der Waals surface area contributed by atoms with E-state index in [9.17, 15) is 4.79 Å². The van der Waals surface area contributed by atoms with Gasteiger partial charge in [-0.25, -0.2) is 4.99 Å². The summed E-state index contributed by atoms with van der Waals surface area (Å²) < 4.78 is 5.53. The number of rotatable bonds is 4. The molecule has 0 aliphatic carbocycles. The maximum atomic E-state index is 12.8. The van der Waals surface area contributed by atoms with Crippen LogP contribution in [0.4, 0.5) is 5.69 Å². The number of aliphatic imine (C=N–C) groups is 1. The molecule has 0 saturated carbocycles. The van der Waals surface area contributed by atoms with Gasteiger partial charge in [0.15, 0.2) is 5.17 Å². The molecule has 1 saturated heterocycles. The van der Waals surface area contributed by atoms with Crippen LogP contribution in [-0.2, 0) is 4.79 Å². The van der Waals surface area contributed by atoms with Gasteiger partial charge >= 0.3 is 0 Å². The van der Waals surface area contributed by atoms with Crippen LogP contribution < -0.4 is 4.74 Å². The van der Waals surface area contributed by atoms with Crippen molar-refractivity contribution in [2.45, 2.75) is 40.5 Å². The molecule has 2 aromatic rings. The largest absolute Gasteiger partial charge is 0.496 e. The first-order chi connectivity index (χ1) is 13.7. The van der Waals surface area contributed by atoms with Crippen LogP contribution in [0, 0.1) is 20.8 Å². The highest BCUT2D eigenvalue weighted by Gasteiger charge is 2.30. The van der Waals surface area contributed by atoms with Crippen LogP contribution in [0.25, 0.3) is 6.08 Å². The second-order valence-corrected chi connectivity index (χ2v) is 8.75. The number of benzene rings is 2. The summed E-state index contributed by atoms with van der Waals surface area (Å²) in [5, 5.41) is 0.694. The average Bonchev–Trinajstić information content (AvgIpc) is 2.93. The summed E-state index contributed by atoms with van der Waals surface area (Å²) in [6, 6.07) is 10.3. The van der Waals surface area contributed by atoms with Crippen molar-refractivity contribution in [1.82, 2.24) is 4.90 Å². The van der Waals surface area contributed by atoms with E-state index >= 15 is 0 Å². The zero-order chi connectivity index (χ0) is 21.3. The number of carbonyl (C=O) groups is 1. The molecule has 0 unspecified atom stereocenters. The van der Waals surface area contributed by atoms with Crippen LogP contribution in [0.2, 0.25) is 0 Å². The molecule has 1 aliphatic rings. The second kappa shape index (κ2) is 8.46. The number of carbonyl (C=O) groups excluding carboxylic acids is 1. The third-order valence-corrected chi connectivity index (χ3v) is 6.31. The van der Waals surface area contributed by atoms with Gasteiger partial charge in [0.05, 0.1) is 17.7 Å². The van der Waals surface area contributed by atoms with Crippen LogP contribution in [0.3, 0.4) is 0 Å². The summed E-state index contributed by atoms with van der Waals surface area (Å²) in [4.78, 5) is 19.8. The third kappa shape index (κ3) is 4.40.